The number of hydrogen-bond donors (Lipinski definition) is 3. The maximum absolute atomic E-state index is 10.6. The number of fused-ring (bicyclic) bond motifs is 1. The van der Waals surface area contributed by atoms with E-state index in [4.69, 9.17) is 36.1 Å². The van der Waals surface area contributed by atoms with E-state index in [0.717, 1.165) is 5.56 Å². The third-order valence-electron chi connectivity index (χ3n) is 2.90. The molecule has 1 aliphatic rings. The minimum atomic E-state index is -5.08. The van der Waals surface area contributed by atoms with Gasteiger partial charge in [-0.25, -0.2) is 4.79 Å². The van der Waals surface area contributed by atoms with Crippen LogP contribution < -0.4 is 16.2 Å². The third kappa shape index (κ3) is 4.63. The molecule has 1 unspecified atom stereocenters. The standard InChI is InChI=1S/C11H14N4O2.C2HF3O2/c1-2-16-5-6-3-7-9(13)8(4-12)10(14)15-11(7)17-6;3-2(4,5)1(6)7/h6H,2-3,5H2,1H3,(H4,13,14,15);(H,6,7). The lowest BCUT2D eigenvalue weighted by molar-refractivity contribution is -0.192. The van der Waals surface area contributed by atoms with Crippen LogP contribution in [0.5, 0.6) is 5.88 Å². The minimum Gasteiger partial charge on any atom is -0.475 e. The summed E-state index contributed by atoms with van der Waals surface area (Å²) in [6.07, 6.45) is -4.59. The molecular formula is C13H15F3N4O4. The van der Waals surface area contributed by atoms with Crippen molar-refractivity contribution in [3.63, 3.8) is 0 Å². The second-order valence-corrected chi connectivity index (χ2v) is 4.59. The molecule has 1 aromatic heterocycles. The van der Waals surface area contributed by atoms with Crippen LogP contribution in [0, 0.1) is 11.3 Å². The SMILES string of the molecule is CCOCC1Cc2c(nc(N)c(C#N)c2N)O1.O=C(O)C(F)(F)F. The van der Waals surface area contributed by atoms with E-state index in [2.05, 4.69) is 4.98 Å². The lowest BCUT2D eigenvalue weighted by Gasteiger charge is -2.09. The van der Waals surface area contributed by atoms with E-state index in [9.17, 15) is 13.2 Å². The highest BCUT2D eigenvalue weighted by molar-refractivity contribution is 5.73. The van der Waals surface area contributed by atoms with E-state index >= 15 is 0 Å². The molecule has 0 bridgehead atoms. The summed E-state index contributed by atoms with van der Waals surface area (Å²) in [6.45, 7) is 3.03. The van der Waals surface area contributed by atoms with Gasteiger partial charge in [0.25, 0.3) is 0 Å². The zero-order valence-electron chi connectivity index (χ0n) is 12.6. The number of alkyl halides is 3. The molecule has 1 aliphatic heterocycles. The Balaban J connectivity index is 0.000000351. The van der Waals surface area contributed by atoms with Gasteiger partial charge in [-0.15, -0.1) is 0 Å². The normalized spacial score (nSPS) is 15.5. The Bertz CT molecular complexity index is 658. The van der Waals surface area contributed by atoms with Gasteiger partial charge < -0.3 is 26.0 Å². The van der Waals surface area contributed by atoms with Gasteiger partial charge in [-0.05, 0) is 6.92 Å². The topological polar surface area (TPSA) is 144 Å². The van der Waals surface area contributed by atoms with Gasteiger partial charge in [0.2, 0.25) is 5.88 Å². The summed E-state index contributed by atoms with van der Waals surface area (Å²) in [4.78, 5) is 12.9. The van der Waals surface area contributed by atoms with Gasteiger partial charge in [0, 0.05) is 18.6 Å². The zero-order chi connectivity index (χ0) is 18.5. The van der Waals surface area contributed by atoms with Crippen molar-refractivity contribution < 1.29 is 32.5 Å². The van der Waals surface area contributed by atoms with Crippen molar-refractivity contribution in [3.05, 3.63) is 11.1 Å². The van der Waals surface area contributed by atoms with E-state index in [1.807, 2.05) is 13.0 Å². The largest absolute Gasteiger partial charge is 0.490 e. The number of rotatable bonds is 3. The number of ether oxygens (including phenoxy) is 2. The van der Waals surface area contributed by atoms with Gasteiger partial charge in [0.05, 0.1) is 12.3 Å². The molecule has 5 N–H and O–H groups in total. The van der Waals surface area contributed by atoms with Crippen LogP contribution in [0.1, 0.15) is 18.1 Å². The number of carbonyl (C=O) groups is 1. The first-order valence-corrected chi connectivity index (χ1v) is 6.64. The number of nitrogens with two attached hydrogens (primary N) is 2. The van der Waals surface area contributed by atoms with Crippen molar-refractivity contribution in [2.45, 2.75) is 25.6 Å². The van der Waals surface area contributed by atoms with E-state index in [0.29, 0.717) is 31.2 Å². The summed E-state index contributed by atoms with van der Waals surface area (Å²) < 4.78 is 42.6. The van der Waals surface area contributed by atoms with Crippen molar-refractivity contribution in [2.24, 2.45) is 0 Å². The number of aromatic nitrogens is 1. The average Bonchev–Trinajstić information content (AvgIpc) is 2.88. The summed E-state index contributed by atoms with van der Waals surface area (Å²) in [7, 11) is 0. The summed E-state index contributed by atoms with van der Waals surface area (Å²) in [5.41, 5.74) is 12.8. The second-order valence-electron chi connectivity index (χ2n) is 4.59. The summed E-state index contributed by atoms with van der Waals surface area (Å²) >= 11 is 0. The predicted molar refractivity (Wildman–Crippen MR) is 76.1 cm³/mol. The van der Waals surface area contributed by atoms with Gasteiger partial charge in [0.15, 0.2) is 0 Å². The second kappa shape index (κ2) is 7.69. The summed E-state index contributed by atoms with van der Waals surface area (Å²) in [5, 5.41) is 16.0. The molecule has 2 rings (SSSR count). The van der Waals surface area contributed by atoms with Crippen LogP contribution in [0.2, 0.25) is 0 Å². The Kier molecular flexibility index (Phi) is 6.19. The Hall–Kier alpha value is -2.74. The Morgan fingerprint density at radius 1 is 1.54 bits per heavy atom. The molecule has 1 aromatic rings. The lowest BCUT2D eigenvalue weighted by atomic mass is 10.1. The molecule has 0 saturated heterocycles. The number of anilines is 2. The number of nitriles is 1. The molecule has 0 radical (unpaired) electrons. The first-order chi connectivity index (χ1) is 11.1. The highest BCUT2D eigenvalue weighted by Gasteiger charge is 2.38. The average molecular weight is 348 g/mol. The van der Waals surface area contributed by atoms with Gasteiger partial charge in [0.1, 0.15) is 23.6 Å². The van der Waals surface area contributed by atoms with Gasteiger partial charge in [-0.3, -0.25) is 0 Å². The van der Waals surface area contributed by atoms with Crippen molar-refractivity contribution in [1.82, 2.24) is 4.98 Å². The minimum absolute atomic E-state index is 0.104. The van der Waals surface area contributed by atoms with Crippen LogP contribution in [0.3, 0.4) is 0 Å². The number of nitrogen functional groups attached to an aromatic ring is 2. The van der Waals surface area contributed by atoms with Gasteiger partial charge >= 0.3 is 12.1 Å². The number of halogens is 3. The molecular weight excluding hydrogens is 333 g/mol. The maximum atomic E-state index is 10.6. The smallest absolute Gasteiger partial charge is 0.475 e. The summed E-state index contributed by atoms with van der Waals surface area (Å²) in [5.74, 6) is -2.22. The Morgan fingerprint density at radius 2 is 2.12 bits per heavy atom. The summed E-state index contributed by atoms with van der Waals surface area (Å²) in [6, 6.07) is 1.95. The fourth-order valence-electron chi connectivity index (χ4n) is 1.82. The molecule has 0 fully saturated rings. The monoisotopic (exact) mass is 348 g/mol. The van der Waals surface area contributed by atoms with Crippen molar-refractivity contribution in [3.8, 4) is 11.9 Å². The maximum Gasteiger partial charge on any atom is 0.490 e. The highest BCUT2D eigenvalue weighted by atomic mass is 19.4. The number of carboxylic acids is 1. The molecule has 0 saturated carbocycles. The predicted octanol–water partition coefficient (Wildman–Crippen LogP) is 1.09. The molecule has 11 heteroatoms. The fourth-order valence-corrected chi connectivity index (χ4v) is 1.82. The van der Waals surface area contributed by atoms with Gasteiger partial charge in [-0.2, -0.15) is 23.4 Å². The lowest BCUT2D eigenvalue weighted by Crippen LogP contribution is -2.21. The Morgan fingerprint density at radius 3 is 2.58 bits per heavy atom. The van der Waals surface area contributed by atoms with Crippen LogP contribution in [-0.2, 0) is 16.0 Å². The first-order valence-electron chi connectivity index (χ1n) is 6.64. The first kappa shape index (κ1) is 19.3. The molecule has 0 aliphatic carbocycles. The van der Waals surface area contributed by atoms with Gasteiger partial charge in [-0.1, -0.05) is 0 Å². The van der Waals surface area contributed by atoms with Crippen molar-refractivity contribution >= 4 is 17.5 Å². The van der Waals surface area contributed by atoms with Crippen LogP contribution in [-0.4, -0.2) is 41.6 Å². The fraction of sp³-hybridized carbons (Fsp3) is 0.462. The molecule has 2 heterocycles. The third-order valence-corrected chi connectivity index (χ3v) is 2.90. The molecule has 132 valence electrons. The van der Waals surface area contributed by atoms with Crippen LogP contribution in [0.15, 0.2) is 0 Å². The molecule has 0 aromatic carbocycles. The Labute approximate surface area is 134 Å². The van der Waals surface area contributed by atoms with Crippen molar-refractivity contribution in [2.75, 3.05) is 24.7 Å². The number of hydrogen-bond acceptors (Lipinski definition) is 7. The quantitative estimate of drug-likeness (QED) is 0.736. The van der Waals surface area contributed by atoms with E-state index in [1.54, 1.807) is 0 Å². The number of aliphatic carboxylic acids is 1. The van der Waals surface area contributed by atoms with Crippen molar-refractivity contribution in [1.29, 1.82) is 5.26 Å². The number of nitrogens with zero attached hydrogens (tertiary/aromatic N) is 2. The van der Waals surface area contributed by atoms with Crippen LogP contribution >= 0.6 is 0 Å². The number of pyridine rings is 1. The van der Waals surface area contributed by atoms with Crippen LogP contribution in [0.25, 0.3) is 0 Å². The molecule has 0 amide bonds. The molecule has 24 heavy (non-hydrogen) atoms. The van der Waals surface area contributed by atoms with E-state index in [1.165, 1.54) is 0 Å². The molecule has 0 spiro atoms. The zero-order valence-corrected chi connectivity index (χ0v) is 12.6. The molecule has 8 nitrogen and oxygen atoms in total. The molecule has 1 atom stereocenters. The highest BCUT2D eigenvalue weighted by Crippen LogP contribution is 2.35. The van der Waals surface area contributed by atoms with Crippen LogP contribution in [0.4, 0.5) is 24.7 Å². The van der Waals surface area contributed by atoms with E-state index < -0.39 is 12.1 Å². The number of carboxylic acid groups (broad SMARTS) is 1. The van der Waals surface area contributed by atoms with E-state index in [-0.39, 0.29) is 17.5 Å².